The monoisotopic (exact) mass is 392 g/mol. The van der Waals surface area contributed by atoms with Gasteiger partial charge in [0.15, 0.2) is 11.3 Å². The van der Waals surface area contributed by atoms with Gasteiger partial charge in [-0.05, 0) is 37.8 Å². The van der Waals surface area contributed by atoms with E-state index in [1.165, 1.54) is 0 Å². The van der Waals surface area contributed by atoms with Gasteiger partial charge in [-0.15, -0.1) is 0 Å². The van der Waals surface area contributed by atoms with Crippen LogP contribution in [0.25, 0.3) is 22.2 Å². The highest BCUT2D eigenvalue weighted by molar-refractivity contribution is 5.87. The number of pyridine rings is 1. The van der Waals surface area contributed by atoms with Crippen molar-refractivity contribution in [3.8, 4) is 0 Å². The van der Waals surface area contributed by atoms with E-state index < -0.39 is 0 Å². The molecule has 0 spiro atoms. The van der Waals surface area contributed by atoms with Crippen molar-refractivity contribution in [3.05, 3.63) is 40.8 Å². The fourth-order valence-electron chi connectivity index (χ4n) is 4.34. The third-order valence-electron chi connectivity index (χ3n) is 5.94. The second-order valence-electron chi connectivity index (χ2n) is 7.83. The van der Waals surface area contributed by atoms with Crippen LogP contribution >= 0.6 is 0 Å². The number of rotatable bonds is 3. The van der Waals surface area contributed by atoms with Gasteiger partial charge in [0.1, 0.15) is 11.6 Å². The minimum Gasteiger partial charge on any atom is -0.356 e. The molecule has 150 valence electrons. The van der Waals surface area contributed by atoms with E-state index in [-0.39, 0.29) is 5.69 Å². The smallest absolute Gasteiger partial charge is 0.330 e. The van der Waals surface area contributed by atoms with Crippen molar-refractivity contribution in [1.29, 1.82) is 0 Å². The highest BCUT2D eigenvalue weighted by atomic mass is 16.1. The van der Waals surface area contributed by atoms with Crippen molar-refractivity contribution in [1.82, 2.24) is 33.9 Å². The van der Waals surface area contributed by atoms with Gasteiger partial charge in [0.25, 0.3) is 0 Å². The van der Waals surface area contributed by atoms with E-state index >= 15 is 0 Å². The SMILES string of the molecule is Cc1nc(N2CCC(Cn3c(=O)n(C)c4cccnc43)CC2)c2cnn(C)c2n1. The van der Waals surface area contributed by atoms with E-state index in [1.54, 1.807) is 15.4 Å². The van der Waals surface area contributed by atoms with Crippen LogP contribution in [0, 0.1) is 12.8 Å². The van der Waals surface area contributed by atoms with Crippen LogP contribution < -0.4 is 10.6 Å². The Bertz CT molecular complexity index is 1260. The van der Waals surface area contributed by atoms with E-state index in [0.29, 0.717) is 12.5 Å². The number of piperidine rings is 1. The summed E-state index contributed by atoms with van der Waals surface area (Å²) in [5, 5.41) is 5.34. The van der Waals surface area contributed by atoms with Gasteiger partial charge < -0.3 is 4.90 Å². The summed E-state index contributed by atoms with van der Waals surface area (Å²) >= 11 is 0. The molecule has 0 aliphatic carbocycles. The van der Waals surface area contributed by atoms with Gasteiger partial charge in [0, 0.05) is 39.9 Å². The summed E-state index contributed by atoms with van der Waals surface area (Å²) in [6.07, 6.45) is 5.59. The number of aryl methyl sites for hydroxylation is 3. The second-order valence-corrected chi connectivity index (χ2v) is 7.83. The molecule has 0 atom stereocenters. The number of aromatic nitrogens is 7. The zero-order valence-electron chi connectivity index (χ0n) is 16.9. The van der Waals surface area contributed by atoms with Crippen LogP contribution in [0.1, 0.15) is 18.7 Å². The minimum atomic E-state index is 0.00428. The number of hydrogen-bond donors (Lipinski definition) is 0. The Hall–Kier alpha value is -3.23. The number of imidazole rings is 1. The van der Waals surface area contributed by atoms with Crippen LogP contribution in [0.3, 0.4) is 0 Å². The molecule has 4 aromatic heterocycles. The first-order chi connectivity index (χ1) is 14.0. The summed E-state index contributed by atoms with van der Waals surface area (Å²) in [6, 6.07) is 3.81. The maximum atomic E-state index is 12.7. The van der Waals surface area contributed by atoms with Gasteiger partial charge in [-0.3, -0.25) is 13.8 Å². The third kappa shape index (κ3) is 2.88. The molecule has 9 nitrogen and oxygen atoms in total. The first-order valence-corrected chi connectivity index (χ1v) is 9.94. The normalized spacial score (nSPS) is 15.6. The van der Waals surface area contributed by atoms with Crippen LogP contribution in [0.2, 0.25) is 0 Å². The molecule has 0 saturated carbocycles. The Kier molecular flexibility index (Phi) is 4.11. The third-order valence-corrected chi connectivity index (χ3v) is 5.94. The zero-order valence-corrected chi connectivity index (χ0v) is 16.9. The molecule has 4 aromatic rings. The lowest BCUT2D eigenvalue weighted by Crippen LogP contribution is -2.37. The van der Waals surface area contributed by atoms with Gasteiger partial charge >= 0.3 is 5.69 Å². The van der Waals surface area contributed by atoms with Gasteiger partial charge in [-0.2, -0.15) is 5.10 Å². The molecule has 0 amide bonds. The lowest BCUT2D eigenvalue weighted by Gasteiger charge is -2.33. The predicted octanol–water partition coefficient (Wildman–Crippen LogP) is 1.64. The van der Waals surface area contributed by atoms with E-state index in [0.717, 1.165) is 59.8 Å². The van der Waals surface area contributed by atoms with Crippen LogP contribution in [-0.4, -0.2) is 47.0 Å². The molecule has 1 aliphatic rings. The molecule has 0 unspecified atom stereocenters. The maximum absolute atomic E-state index is 12.7. The second kappa shape index (κ2) is 6.68. The number of nitrogens with zero attached hydrogens (tertiary/aromatic N) is 8. The number of fused-ring (bicyclic) bond motifs is 2. The topological polar surface area (TPSA) is 86.7 Å². The summed E-state index contributed by atoms with van der Waals surface area (Å²) in [5.41, 5.74) is 2.52. The van der Waals surface area contributed by atoms with Crippen LogP contribution in [0.15, 0.2) is 29.3 Å². The van der Waals surface area contributed by atoms with Crippen molar-refractivity contribution in [2.75, 3.05) is 18.0 Å². The Morgan fingerprint density at radius 3 is 2.72 bits per heavy atom. The summed E-state index contributed by atoms with van der Waals surface area (Å²) in [6.45, 7) is 4.42. The van der Waals surface area contributed by atoms with E-state index in [1.807, 2.05) is 43.9 Å². The van der Waals surface area contributed by atoms with Gasteiger partial charge in [0.2, 0.25) is 0 Å². The summed E-state index contributed by atoms with van der Waals surface area (Å²) in [4.78, 5) is 28.7. The first-order valence-electron chi connectivity index (χ1n) is 9.94. The number of hydrogen-bond acceptors (Lipinski definition) is 6. The van der Waals surface area contributed by atoms with E-state index in [9.17, 15) is 4.79 Å². The lowest BCUT2D eigenvalue weighted by atomic mass is 9.96. The Balaban J connectivity index is 1.37. The molecule has 1 fully saturated rings. The minimum absolute atomic E-state index is 0.00428. The Labute approximate surface area is 167 Å². The lowest BCUT2D eigenvalue weighted by molar-refractivity contribution is 0.354. The first kappa shape index (κ1) is 17.8. The molecule has 9 heteroatoms. The fraction of sp³-hybridized carbons (Fsp3) is 0.450. The molecule has 0 radical (unpaired) electrons. The van der Waals surface area contributed by atoms with Crippen molar-refractivity contribution < 1.29 is 0 Å². The summed E-state index contributed by atoms with van der Waals surface area (Å²) < 4.78 is 5.30. The molecule has 0 aromatic carbocycles. The van der Waals surface area contributed by atoms with E-state index in [2.05, 4.69) is 20.0 Å². The number of anilines is 1. The molecule has 29 heavy (non-hydrogen) atoms. The highest BCUT2D eigenvalue weighted by Gasteiger charge is 2.25. The zero-order chi connectivity index (χ0) is 20.1. The molecular formula is C20H24N8O. The van der Waals surface area contributed by atoms with Crippen LogP contribution in [0.5, 0.6) is 0 Å². The van der Waals surface area contributed by atoms with Crippen LogP contribution in [-0.2, 0) is 20.6 Å². The molecule has 0 N–H and O–H groups in total. The average Bonchev–Trinajstić information content (AvgIpc) is 3.21. The quantitative estimate of drug-likeness (QED) is 0.527. The maximum Gasteiger partial charge on any atom is 0.330 e. The molecule has 1 saturated heterocycles. The Morgan fingerprint density at radius 2 is 1.93 bits per heavy atom. The molecule has 0 bridgehead atoms. The van der Waals surface area contributed by atoms with Gasteiger partial charge in [0.05, 0.1) is 17.1 Å². The fourth-order valence-corrected chi connectivity index (χ4v) is 4.34. The molecule has 5 rings (SSSR count). The summed E-state index contributed by atoms with van der Waals surface area (Å²) in [5.74, 6) is 2.15. The summed E-state index contributed by atoms with van der Waals surface area (Å²) in [7, 11) is 3.71. The molecule has 5 heterocycles. The van der Waals surface area contributed by atoms with Crippen molar-refractivity contribution in [2.45, 2.75) is 26.3 Å². The average molecular weight is 392 g/mol. The van der Waals surface area contributed by atoms with Crippen LogP contribution in [0.4, 0.5) is 5.82 Å². The largest absolute Gasteiger partial charge is 0.356 e. The standard InChI is InChI=1S/C20H24N8O/c1-13-23-17-15(11-22-26(17)3)18(24-13)27-9-6-14(7-10-27)12-28-19-16(5-4-8-21-19)25(2)20(28)29/h4-5,8,11,14H,6-7,9-10,12H2,1-3H3. The molecule has 1 aliphatic heterocycles. The highest BCUT2D eigenvalue weighted by Crippen LogP contribution is 2.28. The van der Waals surface area contributed by atoms with Crippen molar-refractivity contribution >= 4 is 28.0 Å². The van der Waals surface area contributed by atoms with Crippen molar-refractivity contribution in [3.63, 3.8) is 0 Å². The Morgan fingerprint density at radius 1 is 1.14 bits per heavy atom. The van der Waals surface area contributed by atoms with Gasteiger partial charge in [-0.25, -0.2) is 19.7 Å². The van der Waals surface area contributed by atoms with E-state index in [4.69, 9.17) is 4.98 Å². The predicted molar refractivity (Wildman–Crippen MR) is 111 cm³/mol. The van der Waals surface area contributed by atoms with Crippen molar-refractivity contribution in [2.24, 2.45) is 20.0 Å². The van der Waals surface area contributed by atoms with Gasteiger partial charge in [-0.1, -0.05) is 0 Å². The molecular weight excluding hydrogens is 368 g/mol.